The first-order valence-corrected chi connectivity index (χ1v) is 3.91. The van der Waals surface area contributed by atoms with Crippen LogP contribution in [0.3, 0.4) is 0 Å². The van der Waals surface area contributed by atoms with Gasteiger partial charge in [0.15, 0.2) is 0 Å². The Morgan fingerprint density at radius 2 is 1.92 bits per heavy atom. The van der Waals surface area contributed by atoms with Gasteiger partial charge in [-0.25, -0.2) is 13.2 Å². The molecule has 1 fully saturated rings. The molecule has 76 valence electrons. The highest BCUT2D eigenvalue weighted by atomic mass is 35.5. The van der Waals surface area contributed by atoms with Crippen molar-refractivity contribution in [2.75, 3.05) is 7.11 Å². The fourth-order valence-electron chi connectivity index (χ4n) is 1.39. The van der Waals surface area contributed by atoms with Gasteiger partial charge in [-0.05, 0) is 6.92 Å². The van der Waals surface area contributed by atoms with E-state index in [2.05, 4.69) is 4.74 Å². The normalized spacial score (nSPS) is 42.3. The predicted octanol–water partition coefficient (Wildman–Crippen LogP) is 2.11. The molecule has 1 rings (SSSR count). The number of esters is 1. The molecule has 0 aromatic carbocycles. The quantitative estimate of drug-likeness (QED) is 0.496. The highest BCUT2D eigenvalue weighted by molar-refractivity contribution is 6.26. The minimum atomic E-state index is -3.67. The van der Waals surface area contributed by atoms with E-state index in [1.807, 2.05) is 0 Å². The average molecular weight is 217 g/mol. The summed E-state index contributed by atoms with van der Waals surface area (Å²) in [4.78, 5) is 10.9. The van der Waals surface area contributed by atoms with Crippen LogP contribution in [0.15, 0.2) is 0 Å². The first kappa shape index (κ1) is 10.6. The van der Waals surface area contributed by atoms with Crippen LogP contribution in [0, 0.1) is 5.41 Å². The minimum Gasteiger partial charge on any atom is -0.468 e. The third kappa shape index (κ3) is 1.06. The van der Waals surface area contributed by atoms with Gasteiger partial charge in [0.25, 0.3) is 11.1 Å². The second-order valence-electron chi connectivity index (χ2n) is 3.28. The summed E-state index contributed by atoms with van der Waals surface area (Å²) < 4.78 is 42.6. The highest BCUT2D eigenvalue weighted by Crippen LogP contribution is 2.64. The Bertz CT molecular complexity index is 254. The van der Waals surface area contributed by atoms with Crippen molar-refractivity contribution in [2.45, 2.75) is 24.4 Å². The average Bonchev–Trinajstić information content (AvgIpc) is 2.01. The van der Waals surface area contributed by atoms with Crippen LogP contribution in [0.4, 0.5) is 13.2 Å². The zero-order chi connectivity index (χ0) is 10.5. The van der Waals surface area contributed by atoms with Gasteiger partial charge in [0.2, 0.25) is 0 Å². The van der Waals surface area contributed by atoms with Gasteiger partial charge in [-0.1, -0.05) is 11.6 Å². The standard InChI is InChI=1S/C7H8ClF3O2/c1-5(4(12)13-2)3-6(9,10)7(5,8)11/h3H2,1-2H3/t5-,7-/m1/s1. The number of methoxy groups -OCH3 is 1. The number of halogens is 4. The van der Waals surface area contributed by atoms with Gasteiger partial charge in [-0.2, -0.15) is 0 Å². The molecule has 1 aliphatic rings. The molecule has 0 unspecified atom stereocenters. The summed E-state index contributed by atoms with van der Waals surface area (Å²) in [6.07, 6.45) is -0.924. The van der Waals surface area contributed by atoms with Crippen LogP contribution >= 0.6 is 11.6 Å². The molecule has 2 atom stereocenters. The lowest BCUT2D eigenvalue weighted by Gasteiger charge is -2.51. The van der Waals surface area contributed by atoms with Crippen LogP contribution in [0.25, 0.3) is 0 Å². The zero-order valence-electron chi connectivity index (χ0n) is 7.04. The second kappa shape index (κ2) is 2.53. The highest BCUT2D eigenvalue weighted by Gasteiger charge is 2.79. The molecule has 0 bridgehead atoms. The van der Waals surface area contributed by atoms with E-state index in [-0.39, 0.29) is 0 Å². The van der Waals surface area contributed by atoms with Crippen molar-refractivity contribution in [1.82, 2.24) is 0 Å². The number of rotatable bonds is 1. The maximum atomic E-state index is 13.2. The van der Waals surface area contributed by atoms with E-state index in [1.165, 1.54) is 0 Å². The first-order valence-electron chi connectivity index (χ1n) is 3.53. The molecule has 0 aromatic heterocycles. The number of carbonyl (C=O) groups excluding carboxylic acids is 1. The van der Waals surface area contributed by atoms with Crippen molar-refractivity contribution in [1.29, 1.82) is 0 Å². The van der Waals surface area contributed by atoms with Gasteiger partial charge in [0.05, 0.1) is 7.11 Å². The Kier molecular flexibility index (Phi) is 2.07. The monoisotopic (exact) mass is 216 g/mol. The first-order chi connectivity index (χ1) is 5.69. The molecule has 0 aliphatic heterocycles. The van der Waals surface area contributed by atoms with Crippen molar-refractivity contribution in [3.63, 3.8) is 0 Å². The third-order valence-electron chi connectivity index (χ3n) is 2.36. The van der Waals surface area contributed by atoms with Crippen LogP contribution in [-0.2, 0) is 9.53 Å². The van der Waals surface area contributed by atoms with Gasteiger partial charge in [0, 0.05) is 6.42 Å². The third-order valence-corrected chi connectivity index (χ3v) is 3.06. The topological polar surface area (TPSA) is 26.3 Å². The number of hydrogen-bond donors (Lipinski definition) is 0. The largest absolute Gasteiger partial charge is 0.468 e. The van der Waals surface area contributed by atoms with Crippen LogP contribution in [0.2, 0.25) is 0 Å². The van der Waals surface area contributed by atoms with Gasteiger partial charge >= 0.3 is 5.97 Å². The van der Waals surface area contributed by atoms with Crippen molar-refractivity contribution >= 4 is 17.6 Å². The van der Waals surface area contributed by atoms with E-state index >= 15 is 0 Å². The number of alkyl halides is 4. The maximum absolute atomic E-state index is 13.2. The zero-order valence-corrected chi connectivity index (χ0v) is 7.79. The van der Waals surface area contributed by atoms with Gasteiger partial charge in [0.1, 0.15) is 5.41 Å². The van der Waals surface area contributed by atoms with Crippen LogP contribution in [-0.4, -0.2) is 24.1 Å². The molecule has 0 N–H and O–H groups in total. The lowest BCUT2D eigenvalue weighted by atomic mass is 9.65. The predicted molar refractivity (Wildman–Crippen MR) is 39.4 cm³/mol. The Labute approximate surface area is 78.0 Å². The van der Waals surface area contributed by atoms with Crippen LogP contribution < -0.4 is 0 Å². The van der Waals surface area contributed by atoms with Crippen molar-refractivity contribution in [2.24, 2.45) is 5.41 Å². The molecule has 1 aliphatic carbocycles. The molecule has 0 aromatic rings. The van der Waals surface area contributed by atoms with E-state index in [0.717, 1.165) is 14.0 Å². The molecule has 6 heteroatoms. The lowest BCUT2D eigenvalue weighted by Crippen LogP contribution is -2.68. The summed E-state index contributed by atoms with van der Waals surface area (Å²) in [6, 6.07) is 0. The van der Waals surface area contributed by atoms with E-state index in [9.17, 15) is 18.0 Å². The van der Waals surface area contributed by atoms with Gasteiger partial charge in [-0.3, -0.25) is 4.79 Å². The van der Waals surface area contributed by atoms with Crippen molar-refractivity contribution < 1.29 is 22.7 Å². The molecule has 2 nitrogen and oxygen atoms in total. The van der Waals surface area contributed by atoms with Crippen LogP contribution in [0.5, 0.6) is 0 Å². The fraction of sp³-hybridized carbons (Fsp3) is 0.857. The Hall–Kier alpha value is -0.450. The molecule has 13 heavy (non-hydrogen) atoms. The molecular weight excluding hydrogens is 209 g/mol. The molecule has 0 heterocycles. The van der Waals surface area contributed by atoms with E-state index in [1.54, 1.807) is 0 Å². The van der Waals surface area contributed by atoms with E-state index < -0.39 is 28.9 Å². The summed E-state index contributed by atoms with van der Waals surface area (Å²) in [5.74, 6) is -4.73. The number of hydrogen-bond acceptors (Lipinski definition) is 2. The maximum Gasteiger partial charge on any atom is 0.316 e. The van der Waals surface area contributed by atoms with Gasteiger partial charge < -0.3 is 4.74 Å². The molecule has 0 amide bonds. The van der Waals surface area contributed by atoms with E-state index in [0.29, 0.717) is 0 Å². The summed E-state index contributed by atoms with van der Waals surface area (Å²) in [5.41, 5.74) is -1.95. The van der Waals surface area contributed by atoms with E-state index in [4.69, 9.17) is 11.6 Å². The SMILES string of the molecule is COC(=O)[C@@]1(C)CC(F)(F)[C@@]1(F)Cl. The van der Waals surface area contributed by atoms with Crippen molar-refractivity contribution in [3.05, 3.63) is 0 Å². The van der Waals surface area contributed by atoms with Crippen LogP contribution in [0.1, 0.15) is 13.3 Å². The Balaban J connectivity index is 2.95. The summed E-state index contributed by atoms with van der Waals surface area (Å²) in [5, 5.41) is -3.34. The Morgan fingerprint density at radius 1 is 1.46 bits per heavy atom. The van der Waals surface area contributed by atoms with Gasteiger partial charge in [-0.15, -0.1) is 0 Å². The lowest BCUT2D eigenvalue weighted by molar-refractivity contribution is -0.253. The Morgan fingerprint density at radius 3 is 2.15 bits per heavy atom. The molecule has 0 spiro atoms. The molecule has 1 saturated carbocycles. The fourth-order valence-corrected chi connectivity index (χ4v) is 1.60. The molecular formula is C7H8ClF3O2. The summed E-state index contributed by atoms with van der Waals surface area (Å²) in [6.45, 7) is 1.02. The number of carbonyl (C=O) groups is 1. The molecule has 0 radical (unpaired) electrons. The molecule has 0 saturated heterocycles. The van der Waals surface area contributed by atoms with Crippen molar-refractivity contribution in [3.8, 4) is 0 Å². The summed E-state index contributed by atoms with van der Waals surface area (Å²) >= 11 is 4.96. The minimum absolute atomic E-state index is 0.924. The summed E-state index contributed by atoms with van der Waals surface area (Å²) in [7, 11) is 0.997. The smallest absolute Gasteiger partial charge is 0.316 e. The second-order valence-corrected chi connectivity index (χ2v) is 3.80. The number of ether oxygens (including phenoxy) is 1.